The van der Waals surface area contributed by atoms with E-state index in [0.717, 1.165) is 5.56 Å². The molecule has 0 aliphatic heterocycles. The Labute approximate surface area is 110 Å². The quantitative estimate of drug-likeness (QED) is 0.678. The lowest BCUT2D eigenvalue weighted by Gasteiger charge is -1.99. The van der Waals surface area contributed by atoms with Crippen molar-refractivity contribution in [2.45, 2.75) is 6.92 Å². The van der Waals surface area contributed by atoms with Crippen molar-refractivity contribution < 1.29 is 19.1 Å². The second kappa shape index (κ2) is 5.44. The van der Waals surface area contributed by atoms with Crippen LogP contribution in [0.2, 0.25) is 0 Å². The molecule has 1 aromatic carbocycles. The number of carbonyl (C=O) groups excluding carboxylic acids is 1. The predicted octanol–water partition coefficient (Wildman–Crippen LogP) is 3.23. The summed E-state index contributed by atoms with van der Waals surface area (Å²) in [5, 5.41) is 9.23. The number of rotatable bonds is 3. The fourth-order valence-electron chi connectivity index (χ4n) is 1.64. The lowest BCUT2D eigenvalue weighted by molar-refractivity contribution is -0.134. The Bertz CT molecular complexity index is 605. The smallest absolute Gasteiger partial charge is 0.330 e. The van der Waals surface area contributed by atoms with Crippen molar-refractivity contribution in [2.24, 2.45) is 0 Å². The number of phenolic OH excluding ortho intramolecular Hbond substituents is 1. The molecule has 0 saturated carbocycles. The maximum absolute atomic E-state index is 11.1. The van der Waals surface area contributed by atoms with E-state index in [-0.39, 0.29) is 5.75 Å². The van der Waals surface area contributed by atoms with Gasteiger partial charge in [0.05, 0.1) is 7.11 Å². The number of ether oxygens (including phenoxy) is 1. The summed E-state index contributed by atoms with van der Waals surface area (Å²) in [6.45, 7) is 1.77. The summed E-state index contributed by atoms with van der Waals surface area (Å²) >= 11 is 0. The number of phenols is 1. The minimum absolute atomic E-state index is 0.206. The highest BCUT2D eigenvalue weighted by Crippen LogP contribution is 2.26. The van der Waals surface area contributed by atoms with Crippen molar-refractivity contribution in [1.29, 1.82) is 0 Å². The number of methoxy groups -OCH3 is 1. The van der Waals surface area contributed by atoms with Gasteiger partial charge in [0.2, 0.25) is 0 Å². The Hall–Kier alpha value is -2.49. The number of furan rings is 1. The first kappa shape index (κ1) is 13.0. The van der Waals surface area contributed by atoms with Crippen LogP contribution >= 0.6 is 0 Å². The van der Waals surface area contributed by atoms with Gasteiger partial charge >= 0.3 is 5.97 Å². The van der Waals surface area contributed by atoms with Crippen LogP contribution in [0, 0.1) is 0 Å². The third-order valence-corrected chi connectivity index (χ3v) is 2.68. The van der Waals surface area contributed by atoms with Gasteiger partial charge in [0.1, 0.15) is 17.3 Å². The van der Waals surface area contributed by atoms with Crippen LogP contribution in [0.25, 0.3) is 16.9 Å². The molecule has 0 spiro atoms. The van der Waals surface area contributed by atoms with Crippen LogP contribution in [0.4, 0.5) is 0 Å². The molecular weight excluding hydrogens is 244 g/mol. The van der Waals surface area contributed by atoms with Crippen LogP contribution in [0.1, 0.15) is 12.7 Å². The number of hydrogen-bond acceptors (Lipinski definition) is 4. The molecule has 0 radical (unpaired) electrons. The number of carbonyl (C=O) groups is 1. The Morgan fingerprint density at radius 3 is 2.53 bits per heavy atom. The van der Waals surface area contributed by atoms with Crippen LogP contribution in [-0.4, -0.2) is 18.2 Å². The molecular formula is C15H14O4. The molecule has 0 amide bonds. The van der Waals surface area contributed by atoms with E-state index < -0.39 is 5.97 Å². The molecule has 19 heavy (non-hydrogen) atoms. The number of aromatic hydroxyl groups is 1. The largest absolute Gasteiger partial charge is 0.508 e. The third-order valence-electron chi connectivity index (χ3n) is 2.68. The lowest BCUT2D eigenvalue weighted by atomic mass is 10.2. The molecule has 2 aromatic rings. The summed E-state index contributed by atoms with van der Waals surface area (Å²) in [5.74, 6) is 1.07. The second-order valence-electron chi connectivity index (χ2n) is 4.06. The average molecular weight is 258 g/mol. The van der Waals surface area contributed by atoms with Crippen LogP contribution in [-0.2, 0) is 9.53 Å². The van der Waals surface area contributed by atoms with Gasteiger partial charge in [-0.2, -0.15) is 0 Å². The van der Waals surface area contributed by atoms with Crippen molar-refractivity contribution in [2.75, 3.05) is 7.11 Å². The van der Waals surface area contributed by atoms with E-state index in [2.05, 4.69) is 4.74 Å². The van der Waals surface area contributed by atoms with Crippen molar-refractivity contribution in [3.63, 3.8) is 0 Å². The molecule has 4 heteroatoms. The van der Waals surface area contributed by atoms with Crippen LogP contribution in [0.15, 0.2) is 46.9 Å². The van der Waals surface area contributed by atoms with Gasteiger partial charge in [-0.1, -0.05) is 0 Å². The molecule has 0 aliphatic carbocycles. The molecule has 1 heterocycles. The van der Waals surface area contributed by atoms with Gasteiger partial charge in [-0.15, -0.1) is 0 Å². The number of benzene rings is 1. The summed E-state index contributed by atoms with van der Waals surface area (Å²) in [6.07, 6.45) is 1.37. The van der Waals surface area contributed by atoms with Gasteiger partial charge < -0.3 is 14.3 Å². The highest BCUT2D eigenvalue weighted by atomic mass is 16.5. The van der Waals surface area contributed by atoms with Gasteiger partial charge in [-0.05, 0) is 48.9 Å². The standard InChI is InChI=1S/C15H14O4/c1-10(9-15(17)18-2)13-7-8-14(19-13)11-3-5-12(16)6-4-11/h3-9,16H,1-2H3/b10-9+. The van der Waals surface area contributed by atoms with Gasteiger partial charge in [-0.3, -0.25) is 0 Å². The molecule has 1 aromatic heterocycles. The molecule has 2 rings (SSSR count). The van der Waals surface area contributed by atoms with Crippen LogP contribution in [0.5, 0.6) is 5.75 Å². The van der Waals surface area contributed by atoms with E-state index in [4.69, 9.17) is 4.42 Å². The lowest BCUT2D eigenvalue weighted by Crippen LogP contribution is -1.95. The fraction of sp³-hybridized carbons (Fsp3) is 0.133. The first-order valence-corrected chi connectivity index (χ1v) is 5.76. The van der Waals surface area contributed by atoms with Gasteiger partial charge in [0, 0.05) is 11.6 Å². The SMILES string of the molecule is COC(=O)/C=C(\C)c1ccc(-c2ccc(O)cc2)o1. The Morgan fingerprint density at radius 2 is 1.89 bits per heavy atom. The van der Waals surface area contributed by atoms with Crippen molar-refractivity contribution in [1.82, 2.24) is 0 Å². The molecule has 0 fully saturated rings. The van der Waals surface area contributed by atoms with E-state index in [9.17, 15) is 9.90 Å². The van der Waals surface area contributed by atoms with Crippen molar-refractivity contribution in [3.8, 4) is 17.1 Å². The van der Waals surface area contributed by atoms with E-state index in [1.54, 1.807) is 37.3 Å². The van der Waals surface area contributed by atoms with E-state index in [0.29, 0.717) is 17.1 Å². The summed E-state index contributed by atoms with van der Waals surface area (Å²) in [7, 11) is 1.33. The normalized spacial score (nSPS) is 11.4. The van der Waals surface area contributed by atoms with E-state index in [1.165, 1.54) is 13.2 Å². The van der Waals surface area contributed by atoms with E-state index in [1.807, 2.05) is 6.07 Å². The first-order chi connectivity index (χ1) is 9.10. The Kier molecular flexibility index (Phi) is 3.71. The van der Waals surface area contributed by atoms with Gasteiger partial charge in [0.15, 0.2) is 0 Å². The minimum atomic E-state index is -0.417. The summed E-state index contributed by atoms with van der Waals surface area (Å²) < 4.78 is 10.2. The van der Waals surface area contributed by atoms with Crippen LogP contribution in [0.3, 0.4) is 0 Å². The highest BCUT2D eigenvalue weighted by molar-refractivity contribution is 5.90. The average Bonchev–Trinajstić information content (AvgIpc) is 2.89. The number of hydrogen-bond donors (Lipinski definition) is 1. The monoisotopic (exact) mass is 258 g/mol. The fourth-order valence-corrected chi connectivity index (χ4v) is 1.64. The van der Waals surface area contributed by atoms with Crippen molar-refractivity contribution >= 4 is 11.5 Å². The zero-order valence-electron chi connectivity index (χ0n) is 10.7. The van der Waals surface area contributed by atoms with Crippen LogP contribution < -0.4 is 0 Å². The Balaban J connectivity index is 2.26. The zero-order valence-corrected chi connectivity index (χ0v) is 10.7. The second-order valence-corrected chi connectivity index (χ2v) is 4.06. The third kappa shape index (κ3) is 3.04. The molecule has 0 aliphatic rings. The first-order valence-electron chi connectivity index (χ1n) is 5.76. The van der Waals surface area contributed by atoms with Gasteiger partial charge in [0.25, 0.3) is 0 Å². The highest BCUT2D eigenvalue weighted by Gasteiger charge is 2.07. The molecule has 4 nitrogen and oxygen atoms in total. The van der Waals surface area contributed by atoms with Crippen molar-refractivity contribution in [3.05, 3.63) is 48.2 Å². The zero-order chi connectivity index (χ0) is 13.8. The molecule has 0 saturated heterocycles. The Morgan fingerprint density at radius 1 is 1.21 bits per heavy atom. The number of esters is 1. The van der Waals surface area contributed by atoms with E-state index >= 15 is 0 Å². The molecule has 1 N–H and O–H groups in total. The summed E-state index contributed by atoms with van der Waals surface area (Å²) in [4.78, 5) is 11.1. The topological polar surface area (TPSA) is 59.7 Å². The summed E-state index contributed by atoms with van der Waals surface area (Å²) in [6, 6.07) is 10.3. The number of allylic oxidation sites excluding steroid dienone is 1. The summed E-state index contributed by atoms with van der Waals surface area (Å²) in [5.41, 5.74) is 1.55. The minimum Gasteiger partial charge on any atom is -0.508 e. The van der Waals surface area contributed by atoms with Gasteiger partial charge in [-0.25, -0.2) is 4.79 Å². The molecule has 0 atom stereocenters. The maximum Gasteiger partial charge on any atom is 0.330 e. The molecule has 98 valence electrons. The maximum atomic E-state index is 11.1. The molecule has 0 bridgehead atoms. The predicted molar refractivity (Wildman–Crippen MR) is 71.5 cm³/mol. The molecule has 0 unspecified atom stereocenters.